The van der Waals surface area contributed by atoms with Crippen molar-refractivity contribution in [3.63, 3.8) is 0 Å². The molecule has 2 aliphatic rings. The number of ether oxygens (including phenoxy) is 1. The predicted octanol–water partition coefficient (Wildman–Crippen LogP) is 2.80. The molecule has 0 saturated carbocycles. The van der Waals surface area contributed by atoms with E-state index >= 15 is 0 Å². The molecule has 3 heterocycles. The summed E-state index contributed by atoms with van der Waals surface area (Å²) in [4.78, 5) is 32.9. The Morgan fingerprint density at radius 2 is 1.96 bits per heavy atom. The van der Waals surface area contributed by atoms with Gasteiger partial charge in [0.05, 0.1) is 19.0 Å². The van der Waals surface area contributed by atoms with Gasteiger partial charge in [0.15, 0.2) is 0 Å². The van der Waals surface area contributed by atoms with Crippen LogP contribution in [0.3, 0.4) is 0 Å². The Bertz CT molecular complexity index is 882. The third-order valence-electron chi connectivity index (χ3n) is 4.90. The molecule has 1 aromatic carbocycles. The molecule has 2 aromatic rings. The summed E-state index contributed by atoms with van der Waals surface area (Å²) in [5.41, 5.74) is 1.72. The summed E-state index contributed by atoms with van der Waals surface area (Å²) in [5, 5.41) is 0. The molecule has 140 valence electrons. The van der Waals surface area contributed by atoms with Gasteiger partial charge in [-0.2, -0.15) is 0 Å². The smallest absolute Gasteiger partial charge is 0.228 e. The zero-order chi connectivity index (χ0) is 19.0. The molecular formula is C20H20BrN3O3. The number of hydrogen-bond donors (Lipinski definition) is 0. The lowest BCUT2D eigenvalue weighted by molar-refractivity contribution is -0.144. The number of anilines is 1. The number of likely N-dealkylation sites (tertiary alicyclic amines) is 1. The van der Waals surface area contributed by atoms with E-state index in [1.54, 1.807) is 9.80 Å². The van der Waals surface area contributed by atoms with E-state index in [0.717, 1.165) is 15.9 Å². The summed E-state index contributed by atoms with van der Waals surface area (Å²) >= 11 is 3.42. The highest BCUT2D eigenvalue weighted by atomic mass is 79.9. The Morgan fingerprint density at radius 3 is 2.70 bits per heavy atom. The first kappa shape index (κ1) is 18.0. The molecule has 0 aliphatic carbocycles. The normalized spacial score (nSPS) is 19.9. The maximum absolute atomic E-state index is 12.7. The second kappa shape index (κ2) is 7.31. The van der Waals surface area contributed by atoms with Gasteiger partial charge in [0.1, 0.15) is 6.10 Å². The van der Waals surface area contributed by atoms with E-state index in [1.165, 1.54) is 0 Å². The Balaban J connectivity index is 1.33. The van der Waals surface area contributed by atoms with E-state index in [-0.39, 0.29) is 30.3 Å². The fourth-order valence-corrected chi connectivity index (χ4v) is 3.86. The van der Waals surface area contributed by atoms with Crippen LogP contribution in [0.25, 0.3) is 0 Å². The summed E-state index contributed by atoms with van der Waals surface area (Å²) in [6.07, 6.45) is 0.217. The van der Waals surface area contributed by atoms with Crippen LogP contribution in [0, 0.1) is 12.8 Å². The minimum absolute atomic E-state index is 0.0104. The van der Waals surface area contributed by atoms with Crippen molar-refractivity contribution in [1.29, 1.82) is 0 Å². The van der Waals surface area contributed by atoms with Gasteiger partial charge in [-0.05, 0) is 31.2 Å². The number of nitrogens with zero attached hydrogens (tertiary/aromatic N) is 3. The Kier molecular flexibility index (Phi) is 4.86. The Hall–Kier alpha value is -2.41. The Labute approximate surface area is 166 Å². The van der Waals surface area contributed by atoms with Crippen LogP contribution in [0.5, 0.6) is 5.88 Å². The van der Waals surface area contributed by atoms with E-state index in [4.69, 9.17) is 4.74 Å². The van der Waals surface area contributed by atoms with Crippen molar-refractivity contribution in [2.75, 3.05) is 24.5 Å². The molecule has 0 spiro atoms. The predicted molar refractivity (Wildman–Crippen MR) is 105 cm³/mol. The number of halogens is 1. The van der Waals surface area contributed by atoms with Gasteiger partial charge in [0, 0.05) is 34.9 Å². The van der Waals surface area contributed by atoms with Crippen LogP contribution in [0.4, 0.5) is 5.69 Å². The number of hydrogen-bond acceptors (Lipinski definition) is 4. The molecule has 7 heteroatoms. The monoisotopic (exact) mass is 429 g/mol. The van der Waals surface area contributed by atoms with Crippen LogP contribution < -0.4 is 9.64 Å². The topological polar surface area (TPSA) is 62.7 Å². The summed E-state index contributed by atoms with van der Waals surface area (Å²) in [7, 11) is 0. The first-order valence-corrected chi connectivity index (χ1v) is 9.74. The van der Waals surface area contributed by atoms with Gasteiger partial charge in [-0.3, -0.25) is 9.59 Å². The van der Waals surface area contributed by atoms with Gasteiger partial charge in [-0.15, -0.1) is 0 Å². The molecule has 0 radical (unpaired) electrons. The highest BCUT2D eigenvalue weighted by molar-refractivity contribution is 9.10. The summed E-state index contributed by atoms with van der Waals surface area (Å²) in [6, 6.07) is 13.2. The third-order valence-corrected chi connectivity index (χ3v) is 5.40. The number of amides is 2. The fraction of sp³-hybridized carbons (Fsp3) is 0.350. The molecular weight excluding hydrogens is 410 g/mol. The zero-order valence-electron chi connectivity index (χ0n) is 15.0. The molecule has 1 atom stereocenters. The van der Waals surface area contributed by atoms with E-state index in [9.17, 15) is 9.59 Å². The molecule has 0 bridgehead atoms. The van der Waals surface area contributed by atoms with Crippen molar-refractivity contribution in [2.24, 2.45) is 5.92 Å². The Morgan fingerprint density at radius 1 is 1.19 bits per heavy atom. The minimum atomic E-state index is -0.297. The standard InChI is InChI=1S/C20H20BrN3O3/c1-13-4-2-7-18(22-13)27-17-11-23(12-17)20(26)14-8-19(25)24(10-14)16-6-3-5-15(21)9-16/h2-7,9,14,17H,8,10-12H2,1H3. The molecule has 6 nitrogen and oxygen atoms in total. The quantitative estimate of drug-likeness (QED) is 0.749. The van der Waals surface area contributed by atoms with Crippen molar-refractivity contribution >= 4 is 33.4 Å². The number of rotatable bonds is 4. The van der Waals surface area contributed by atoms with E-state index < -0.39 is 0 Å². The summed E-state index contributed by atoms with van der Waals surface area (Å²) in [6.45, 7) is 3.42. The van der Waals surface area contributed by atoms with Crippen LogP contribution >= 0.6 is 15.9 Å². The highest BCUT2D eigenvalue weighted by Crippen LogP contribution is 2.29. The van der Waals surface area contributed by atoms with Crippen LogP contribution in [-0.4, -0.2) is 47.4 Å². The fourth-order valence-electron chi connectivity index (χ4n) is 3.47. The van der Waals surface area contributed by atoms with Crippen LogP contribution in [0.15, 0.2) is 46.9 Å². The van der Waals surface area contributed by atoms with Crippen molar-refractivity contribution in [3.05, 3.63) is 52.6 Å². The van der Waals surface area contributed by atoms with E-state index in [2.05, 4.69) is 20.9 Å². The second-order valence-electron chi connectivity index (χ2n) is 6.99. The van der Waals surface area contributed by atoms with Crippen LogP contribution in [0.1, 0.15) is 12.1 Å². The minimum Gasteiger partial charge on any atom is -0.471 e. The number of carbonyl (C=O) groups is 2. The van der Waals surface area contributed by atoms with E-state index in [1.807, 2.05) is 49.4 Å². The molecule has 2 fully saturated rings. The number of pyridine rings is 1. The average molecular weight is 430 g/mol. The molecule has 2 saturated heterocycles. The third kappa shape index (κ3) is 3.83. The second-order valence-corrected chi connectivity index (χ2v) is 7.90. The van der Waals surface area contributed by atoms with Crippen molar-refractivity contribution in [2.45, 2.75) is 19.4 Å². The molecule has 1 unspecified atom stereocenters. The summed E-state index contributed by atoms with van der Waals surface area (Å²) < 4.78 is 6.72. The number of aromatic nitrogens is 1. The van der Waals surface area contributed by atoms with Gasteiger partial charge >= 0.3 is 0 Å². The van der Waals surface area contributed by atoms with Gasteiger partial charge in [0.25, 0.3) is 0 Å². The van der Waals surface area contributed by atoms with Crippen LogP contribution in [0.2, 0.25) is 0 Å². The highest BCUT2D eigenvalue weighted by Gasteiger charge is 2.41. The van der Waals surface area contributed by atoms with Gasteiger partial charge in [0.2, 0.25) is 17.7 Å². The molecule has 27 heavy (non-hydrogen) atoms. The van der Waals surface area contributed by atoms with Crippen molar-refractivity contribution in [1.82, 2.24) is 9.88 Å². The van der Waals surface area contributed by atoms with Gasteiger partial charge < -0.3 is 14.5 Å². The van der Waals surface area contributed by atoms with E-state index in [0.29, 0.717) is 25.5 Å². The molecule has 2 aliphatic heterocycles. The maximum Gasteiger partial charge on any atom is 0.228 e. The largest absolute Gasteiger partial charge is 0.471 e. The maximum atomic E-state index is 12.7. The lowest BCUT2D eigenvalue weighted by atomic mass is 10.0. The lowest BCUT2D eigenvalue weighted by Gasteiger charge is -2.39. The first-order chi connectivity index (χ1) is 13.0. The van der Waals surface area contributed by atoms with Crippen molar-refractivity contribution in [3.8, 4) is 5.88 Å². The van der Waals surface area contributed by atoms with Crippen molar-refractivity contribution < 1.29 is 14.3 Å². The number of benzene rings is 1. The van der Waals surface area contributed by atoms with Crippen LogP contribution in [-0.2, 0) is 9.59 Å². The molecule has 1 aromatic heterocycles. The molecule has 0 N–H and O–H groups in total. The SMILES string of the molecule is Cc1cccc(OC2CN(C(=O)C3CC(=O)N(c4cccc(Br)c4)C3)C2)n1. The van der Waals surface area contributed by atoms with Gasteiger partial charge in [-0.1, -0.05) is 28.1 Å². The molecule has 2 amide bonds. The van der Waals surface area contributed by atoms with Gasteiger partial charge in [-0.25, -0.2) is 4.98 Å². The summed E-state index contributed by atoms with van der Waals surface area (Å²) in [5.74, 6) is 0.306. The first-order valence-electron chi connectivity index (χ1n) is 8.94. The lowest BCUT2D eigenvalue weighted by Crippen LogP contribution is -2.57. The number of aryl methyl sites for hydroxylation is 1. The number of carbonyl (C=O) groups excluding carboxylic acids is 2. The molecule has 4 rings (SSSR count). The zero-order valence-corrected chi connectivity index (χ0v) is 16.6. The average Bonchev–Trinajstić information content (AvgIpc) is 2.99.